The lowest BCUT2D eigenvalue weighted by molar-refractivity contribution is -0.157. The van der Waals surface area contributed by atoms with Crippen molar-refractivity contribution in [2.75, 3.05) is 0 Å². The molecule has 126 valence electrons. The van der Waals surface area contributed by atoms with Gasteiger partial charge in [-0.1, -0.05) is 19.4 Å². The summed E-state index contributed by atoms with van der Waals surface area (Å²) in [6, 6.07) is 0. The molecule has 3 heteroatoms. The Balaban J connectivity index is 1.77. The van der Waals surface area contributed by atoms with E-state index in [2.05, 4.69) is 13.8 Å². The minimum Gasteiger partial charge on any atom is -0.390 e. The summed E-state index contributed by atoms with van der Waals surface area (Å²) in [5, 5.41) is 10.9. The predicted octanol–water partition coefficient (Wildman–Crippen LogP) is 3.45. The average Bonchev–Trinajstić information content (AvgIpc) is 2.69. The van der Waals surface area contributed by atoms with Crippen LogP contribution in [0.3, 0.4) is 0 Å². The Morgan fingerprint density at radius 2 is 1.83 bits per heavy atom. The van der Waals surface area contributed by atoms with Crippen LogP contribution in [0.25, 0.3) is 0 Å². The molecule has 3 nitrogen and oxygen atoms in total. The lowest BCUT2D eigenvalue weighted by Crippen LogP contribution is -2.57. The van der Waals surface area contributed by atoms with Crippen LogP contribution in [0, 0.1) is 28.6 Å². The van der Waals surface area contributed by atoms with Gasteiger partial charge >= 0.3 is 0 Å². The lowest BCUT2D eigenvalue weighted by atomic mass is 9.46. The standard InChI is InChI=1S/C20H28O3/c1-18-8-6-13(21)10-12(18)4-5-14-15-7-9-20(3,23)19(15,2)11-16(22)17(14)18/h10,14-15,17,23H,4-9,11H2,1-3H3. The number of allylic oxidation sites excluding steroid dienone is 1. The monoisotopic (exact) mass is 316 g/mol. The second kappa shape index (κ2) is 4.56. The van der Waals surface area contributed by atoms with E-state index in [0.717, 1.165) is 32.1 Å². The van der Waals surface area contributed by atoms with Crippen LogP contribution < -0.4 is 0 Å². The molecule has 23 heavy (non-hydrogen) atoms. The molecule has 0 heterocycles. The number of carbonyl (C=O) groups excluding carboxylic acids is 2. The summed E-state index contributed by atoms with van der Waals surface area (Å²) in [6.07, 6.45) is 7.54. The van der Waals surface area contributed by atoms with Gasteiger partial charge in [0.1, 0.15) is 5.78 Å². The molecule has 4 aliphatic carbocycles. The first-order valence-corrected chi connectivity index (χ1v) is 9.18. The molecule has 4 rings (SSSR count). The first-order chi connectivity index (χ1) is 10.7. The quantitative estimate of drug-likeness (QED) is 0.745. The fourth-order valence-corrected chi connectivity index (χ4v) is 6.60. The highest BCUT2D eigenvalue weighted by atomic mass is 16.3. The van der Waals surface area contributed by atoms with Gasteiger partial charge in [0.2, 0.25) is 0 Å². The lowest BCUT2D eigenvalue weighted by Gasteiger charge is -2.57. The van der Waals surface area contributed by atoms with Crippen molar-refractivity contribution in [1.82, 2.24) is 0 Å². The Morgan fingerprint density at radius 1 is 1.09 bits per heavy atom. The maximum atomic E-state index is 13.2. The van der Waals surface area contributed by atoms with Gasteiger partial charge in [0.25, 0.3) is 0 Å². The number of ketones is 2. The van der Waals surface area contributed by atoms with Crippen molar-refractivity contribution in [2.24, 2.45) is 28.6 Å². The summed E-state index contributed by atoms with van der Waals surface area (Å²) in [5.41, 5.74) is 0.103. The maximum absolute atomic E-state index is 13.2. The van der Waals surface area contributed by atoms with Crippen molar-refractivity contribution >= 4 is 11.6 Å². The number of fused-ring (bicyclic) bond motifs is 5. The number of aliphatic hydroxyl groups is 1. The van der Waals surface area contributed by atoms with Gasteiger partial charge in [0.15, 0.2) is 5.78 Å². The summed E-state index contributed by atoms with van der Waals surface area (Å²) in [4.78, 5) is 25.0. The van der Waals surface area contributed by atoms with Gasteiger partial charge in [-0.05, 0) is 62.4 Å². The zero-order valence-corrected chi connectivity index (χ0v) is 14.5. The van der Waals surface area contributed by atoms with Crippen molar-refractivity contribution in [1.29, 1.82) is 0 Å². The third-order valence-corrected chi connectivity index (χ3v) is 8.22. The van der Waals surface area contributed by atoms with Crippen LogP contribution in [0.15, 0.2) is 11.6 Å². The van der Waals surface area contributed by atoms with Crippen molar-refractivity contribution in [3.63, 3.8) is 0 Å². The van der Waals surface area contributed by atoms with E-state index in [1.165, 1.54) is 5.57 Å². The molecule has 3 fully saturated rings. The minimum atomic E-state index is -0.724. The zero-order valence-electron chi connectivity index (χ0n) is 14.5. The van der Waals surface area contributed by atoms with E-state index in [0.29, 0.717) is 30.5 Å². The van der Waals surface area contributed by atoms with Crippen molar-refractivity contribution in [2.45, 2.75) is 71.3 Å². The predicted molar refractivity (Wildman–Crippen MR) is 87.7 cm³/mol. The Kier molecular flexibility index (Phi) is 3.09. The zero-order chi connectivity index (χ0) is 16.6. The van der Waals surface area contributed by atoms with E-state index in [-0.39, 0.29) is 22.5 Å². The molecule has 0 amide bonds. The first-order valence-electron chi connectivity index (χ1n) is 9.18. The van der Waals surface area contributed by atoms with Gasteiger partial charge < -0.3 is 5.11 Å². The second-order valence-corrected chi connectivity index (χ2v) is 9.21. The van der Waals surface area contributed by atoms with E-state index >= 15 is 0 Å². The summed E-state index contributed by atoms with van der Waals surface area (Å²) >= 11 is 0. The molecule has 0 spiro atoms. The normalized spacial score (nSPS) is 52.5. The number of Topliss-reactive ketones (excluding diaryl/α,β-unsaturated/α-hetero) is 1. The van der Waals surface area contributed by atoms with Gasteiger partial charge in [0, 0.05) is 24.2 Å². The number of carbonyl (C=O) groups is 2. The van der Waals surface area contributed by atoms with Gasteiger partial charge in [-0.3, -0.25) is 9.59 Å². The summed E-state index contributed by atoms with van der Waals surface area (Å²) in [6.45, 7) is 6.28. The van der Waals surface area contributed by atoms with Crippen LogP contribution in [0.1, 0.15) is 65.7 Å². The Bertz CT molecular complexity index is 616. The number of hydrogen-bond acceptors (Lipinski definition) is 3. The molecule has 0 bridgehead atoms. The summed E-state index contributed by atoms with van der Waals surface area (Å²) < 4.78 is 0. The molecule has 0 aromatic carbocycles. The Hall–Kier alpha value is -0.960. The van der Waals surface area contributed by atoms with Crippen LogP contribution >= 0.6 is 0 Å². The SMILES string of the molecule is CC12CCC(=O)C=C1CCC1C2C(=O)CC2(C)C1CCC2(C)O. The number of rotatable bonds is 0. The largest absolute Gasteiger partial charge is 0.390 e. The average molecular weight is 316 g/mol. The minimum absolute atomic E-state index is 0.0579. The van der Waals surface area contributed by atoms with E-state index in [9.17, 15) is 14.7 Å². The highest BCUT2D eigenvalue weighted by Gasteiger charge is 2.65. The van der Waals surface area contributed by atoms with Crippen molar-refractivity contribution in [3.05, 3.63) is 11.6 Å². The fraction of sp³-hybridized carbons (Fsp3) is 0.800. The molecule has 0 aliphatic heterocycles. The van der Waals surface area contributed by atoms with E-state index in [1.807, 2.05) is 13.0 Å². The van der Waals surface area contributed by atoms with Crippen LogP contribution in [0.4, 0.5) is 0 Å². The van der Waals surface area contributed by atoms with E-state index in [4.69, 9.17) is 0 Å². The van der Waals surface area contributed by atoms with Crippen LogP contribution in [0.2, 0.25) is 0 Å². The van der Waals surface area contributed by atoms with Crippen LogP contribution in [0.5, 0.6) is 0 Å². The summed E-state index contributed by atoms with van der Waals surface area (Å²) in [5.74, 6) is 1.44. The molecule has 6 unspecified atom stereocenters. The molecule has 4 aliphatic rings. The van der Waals surface area contributed by atoms with Gasteiger partial charge in [0.05, 0.1) is 5.60 Å². The number of hydrogen-bond donors (Lipinski definition) is 1. The molecule has 0 saturated heterocycles. The highest BCUT2D eigenvalue weighted by Crippen LogP contribution is 2.66. The van der Waals surface area contributed by atoms with Gasteiger partial charge in [-0.15, -0.1) is 0 Å². The van der Waals surface area contributed by atoms with Crippen molar-refractivity contribution < 1.29 is 14.7 Å². The molecule has 6 atom stereocenters. The van der Waals surface area contributed by atoms with Crippen molar-refractivity contribution in [3.8, 4) is 0 Å². The second-order valence-electron chi connectivity index (χ2n) is 9.21. The molecular formula is C20H28O3. The highest BCUT2D eigenvalue weighted by molar-refractivity contribution is 5.93. The molecule has 0 radical (unpaired) electrons. The molecular weight excluding hydrogens is 288 g/mol. The summed E-state index contributed by atoms with van der Waals surface area (Å²) in [7, 11) is 0. The van der Waals surface area contributed by atoms with E-state index < -0.39 is 5.60 Å². The Labute approximate surface area is 138 Å². The fourth-order valence-electron chi connectivity index (χ4n) is 6.60. The topological polar surface area (TPSA) is 54.4 Å². The third kappa shape index (κ3) is 1.86. The van der Waals surface area contributed by atoms with Gasteiger partial charge in [-0.25, -0.2) is 0 Å². The smallest absolute Gasteiger partial charge is 0.155 e. The molecule has 3 saturated carbocycles. The molecule has 1 N–H and O–H groups in total. The first kappa shape index (κ1) is 15.6. The maximum Gasteiger partial charge on any atom is 0.155 e. The van der Waals surface area contributed by atoms with Crippen LogP contribution in [-0.4, -0.2) is 22.3 Å². The van der Waals surface area contributed by atoms with Crippen LogP contribution in [-0.2, 0) is 9.59 Å². The Morgan fingerprint density at radius 3 is 2.57 bits per heavy atom. The third-order valence-electron chi connectivity index (χ3n) is 8.22. The van der Waals surface area contributed by atoms with E-state index in [1.54, 1.807) is 0 Å². The molecule has 0 aromatic rings. The van der Waals surface area contributed by atoms with Gasteiger partial charge in [-0.2, -0.15) is 0 Å². The molecule has 0 aromatic heterocycles.